The van der Waals surface area contributed by atoms with Gasteiger partial charge in [-0.3, -0.25) is 4.79 Å². The van der Waals surface area contributed by atoms with Crippen molar-refractivity contribution in [3.63, 3.8) is 0 Å². The molecule has 3 N–H and O–H groups in total. The molecule has 2 heterocycles. The fourth-order valence-corrected chi connectivity index (χ4v) is 4.79. The highest BCUT2D eigenvalue weighted by molar-refractivity contribution is 5.94. The first-order valence-electron chi connectivity index (χ1n) is 11.4. The number of amides is 1. The predicted molar refractivity (Wildman–Crippen MR) is 118 cm³/mol. The number of hydrogen-bond donors (Lipinski definition) is 3. The van der Waals surface area contributed by atoms with Gasteiger partial charge in [0, 0.05) is 43.2 Å². The minimum absolute atomic E-state index is 0.0725. The molecule has 170 valence electrons. The number of halogens is 1. The van der Waals surface area contributed by atoms with Crippen LogP contribution in [0.5, 0.6) is 5.75 Å². The zero-order chi connectivity index (χ0) is 22.3. The van der Waals surface area contributed by atoms with Crippen LogP contribution in [0.25, 0.3) is 0 Å². The van der Waals surface area contributed by atoms with Crippen molar-refractivity contribution in [1.82, 2.24) is 4.90 Å². The maximum atomic E-state index is 13.5. The van der Waals surface area contributed by atoms with Crippen LogP contribution in [0, 0.1) is 11.7 Å². The van der Waals surface area contributed by atoms with E-state index in [0.29, 0.717) is 24.3 Å². The summed E-state index contributed by atoms with van der Waals surface area (Å²) < 4.78 is 19.8. The number of anilines is 1. The molecular weight excluding hydrogens is 411 g/mol. The van der Waals surface area contributed by atoms with E-state index in [-0.39, 0.29) is 17.6 Å². The Kier molecular flexibility index (Phi) is 5.65. The van der Waals surface area contributed by atoms with Gasteiger partial charge in [0.15, 0.2) is 0 Å². The lowest BCUT2D eigenvalue weighted by Gasteiger charge is -2.46. The summed E-state index contributed by atoms with van der Waals surface area (Å²) in [5, 5.41) is 24.2. The third-order valence-electron chi connectivity index (χ3n) is 6.93. The first kappa shape index (κ1) is 21.4. The van der Waals surface area contributed by atoms with Gasteiger partial charge >= 0.3 is 0 Å². The Bertz CT molecular complexity index is 984. The van der Waals surface area contributed by atoms with Crippen LogP contribution in [-0.2, 0) is 4.79 Å². The van der Waals surface area contributed by atoms with Crippen molar-refractivity contribution < 1.29 is 24.1 Å². The number of carbonyl (C=O) groups is 1. The molecule has 1 saturated carbocycles. The molecule has 2 atom stereocenters. The number of piperidine rings is 1. The molecule has 7 heteroatoms. The summed E-state index contributed by atoms with van der Waals surface area (Å²) >= 11 is 0. The molecule has 1 spiro atoms. The molecule has 1 amide bonds. The average Bonchev–Trinajstić information content (AvgIpc) is 3.62. The van der Waals surface area contributed by atoms with Gasteiger partial charge in [-0.2, -0.15) is 0 Å². The van der Waals surface area contributed by atoms with E-state index in [1.165, 1.54) is 12.1 Å². The second-order valence-electron chi connectivity index (χ2n) is 9.39. The zero-order valence-corrected chi connectivity index (χ0v) is 18.0. The van der Waals surface area contributed by atoms with Crippen molar-refractivity contribution in [1.29, 1.82) is 0 Å². The first-order valence-corrected chi connectivity index (χ1v) is 11.4. The number of nitrogens with zero attached hydrogens (tertiary/aromatic N) is 1. The van der Waals surface area contributed by atoms with Gasteiger partial charge in [-0.05, 0) is 61.6 Å². The van der Waals surface area contributed by atoms with E-state index in [9.17, 15) is 19.4 Å². The van der Waals surface area contributed by atoms with Crippen molar-refractivity contribution in [2.45, 2.75) is 49.9 Å². The number of likely N-dealkylation sites (tertiary alicyclic amines) is 1. The van der Waals surface area contributed by atoms with Crippen LogP contribution in [0.4, 0.5) is 10.1 Å². The van der Waals surface area contributed by atoms with E-state index in [4.69, 9.17) is 4.74 Å². The largest absolute Gasteiger partial charge is 0.487 e. The Morgan fingerprint density at radius 3 is 2.59 bits per heavy atom. The third-order valence-corrected chi connectivity index (χ3v) is 6.93. The second-order valence-corrected chi connectivity index (χ2v) is 9.39. The van der Waals surface area contributed by atoms with Gasteiger partial charge in [0.1, 0.15) is 17.2 Å². The fraction of sp³-hybridized carbons (Fsp3) is 0.480. The monoisotopic (exact) mass is 440 g/mol. The summed E-state index contributed by atoms with van der Waals surface area (Å²) in [7, 11) is 0. The fourth-order valence-electron chi connectivity index (χ4n) is 4.79. The summed E-state index contributed by atoms with van der Waals surface area (Å²) in [6, 6.07) is 11.7. The Morgan fingerprint density at radius 1 is 1.19 bits per heavy atom. The summed E-state index contributed by atoms with van der Waals surface area (Å²) in [5.41, 5.74) is 1.64. The van der Waals surface area contributed by atoms with Crippen LogP contribution in [0.15, 0.2) is 42.5 Å². The summed E-state index contributed by atoms with van der Waals surface area (Å²) in [6.07, 6.45) is 2.50. The Balaban J connectivity index is 1.15. The molecule has 1 saturated heterocycles. The number of β-amino-alcohol motifs (C(OH)–C–C–N with tert-alkyl or cyclic N) is 1. The van der Waals surface area contributed by atoms with E-state index in [2.05, 4.69) is 10.2 Å². The number of nitrogens with one attached hydrogen (secondary N) is 1. The van der Waals surface area contributed by atoms with Gasteiger partial charge < -0.3 is 25.2 Å². The van der Waals surface area contributed by atoms with Crippen LogP contribution in [0.1, 0.15) is 55.4 Å². The van der Waals surface area contributed by atoms with E-state index in [1.807, 2.05) is 24.3 Å². The van der Waals surface area contributed by atoms with Crippen LogP contribution < -0.4 is 10.1 Å². The van der Waals surface area contributed by atoms with E-state index < -0.39 is 17.8 Å². The van der Waals surface area contributed by atoms with Gasteiger partial charge in [0.25, 0.3) is 0 Å². The number of hydrogen-bond acceptors (Lipinski definition) is 5. The van der Waals surface area contributed by atoms with Gasteiger partial charge in [-0.25, -0.2) is 4.39 Å². The topological polar surface area (TPSA) is 82.0 Å². The maximum Gasteiger partial charge on any atom is 0.227 e. The Labute approximate surface area is 187 Å². The quantitative estimate of drug-likeness (QED) is 0.662. The van der Waals surface area contributed by atoms with Gasteiger partial charge in [0.2, 0.25) is 5.91 Å². The number of fused-ring (bicyclic) bond motifs is 1. The first-order chi connectivity index (χ1) is 15.4. The van der Waals surface area contributed by atoms with Crippen molar-refractivity contribution in [3.8, 4) is 5.75 Å². The number of rotatable bonds is 5. The lowest BCUT2D eigenvalue weighted by atomic mass is 9.81. The average molecular weight is 441 g/mol. The molecule has 2 aliphatic heterocycles. The summed E-state index contributed by atoms with van der Waals surface area (Å²) in [6.45, 7) is 2.00. The van der Waals surface area contributed by atoms with Crippen LogP contribution in [-0.4, -0.2) is 46.3 Å². The molecule has 2 aromatic carbocycles. The normalized spacial score (nSPS) is 23.3. The van der Waals surface area contributed by atoms with Crippen molar-refractivity contribution >= 4 is 11.6 Å². The number of aliphatic hydroxyl groups excluding tert-OH is 2. The number of aliphatic hydroxyl groups is 2. The molecule has 1 aliphatic carbocycles. The second kappa shape index (κ2) is 8.46. The van der Waals surface area contributed by atoms with Crippen LogP contribution in [0.3, 0.4) is 0 Å². The zero-order valence-electron chi connectivity index (χ0n) is 18.0. The maximum absolute atomic E-state index is 13.5. The Hall–Kier alpha value is -2.48. The van der Waals surface area contributed by atoms with Crippen molar-refractivity contribution in [3.05, 3.63) is 59.4 Å². The van der Waals surface area contributed by atoms with Crippen LogP contribution >= 0.6 is 0 Å². The molecule has 32 heavy (non-hydrogen) atoms. The SMILES string of the molecule is O=C(Nc1ccc([C@@H](O)CN2CCC3(CC2)C[C@H](O)c2cc(F)ccc2O3)cc1)C1CC1. The van der Waals surface area contributed by atoms with Gasteiger partial charge in [-0.1, -0.05) is 12.1 Å². The Morgan fingerprint density at radius 2 is 1.91 bits per heavy atom. The number of benzene rings is 2. The summed E-state index contributed by atoms with van der Waals surface area (Å²) in [5.74, 6) is 0.423. The molecule has 0 aromatic heterocycles. The van der Waals surface area contributed by atoms with Crippen LogP contribution in [0.2, 0.25) is 0 Å². The van der Waals surface area contributed by atoms with Gasteiger partial charge in [0.05, 0.1) is 12.2 Å². The van der Waals surface area contributed by atoms with E-state index in [1.54, 1.807) is 6.07 Å². The molecule has 0 radical (unpaired) electrons. The molecule has 0 bridgehead atoms. The van der Waals surface area contributed by atoms with Gasteiger partial charge in [-0.15, -0.1) is 0 Å². The van der Waals surface area contributed by atoms with E-state index >= 15 is 0 Å². The highest BCUT2D eigenvalue weighted by Crippen LogP contribution is 2.44. The molecule has 5 rings (SSSR count). The molecular formula is C25H29FN2O4. The highest BCUT2D eigenvalue weighted by atomic mass is 19.1. The minimum atomic E-state index is -0.731. The van der Waals surface area contributed by atoms with Crippen molar-refractivity contribution in [2.24, 2.45) is 5.92 Å². The molecule has 0 unspecified atom stereocenters. The predicted octanol–water partition coefficient (Wildman–Crippen LogP) is 3.56. The minimum Gasteiger partial charge on any atom is -0.487 e. The lowest BCUT2D eigenvalue weighted by molar-refractivity contribution is -0.117. The summed E-state index contributed by atoms with van der Waals surface area (Å²) in [4.78, 5) is 14.1. The molecule has 3 aliphatic rings. The molecule has 6 nitrogen and oxygen atoms in total. The number of ether oxygens (including phenoxy) is 1. The standard InChI is InChI=1S/C25H29FN2O4/c26-18-5-8-23-20(13-18)21(29)14-25(32-23)9-11-28(12-10-25)15-22(30)16-3-6-19(7-4-16)27-24(31)17-1-2-17/h3-8,13,17,21-22,29-30H,1-2,9-12,14-15H2,(H,27,31)/t21-,22-/m0/s1. The third kappa shape index (κ3) is 4.51. The lowest BCUT2D eigenvalue weighted by Crippen LogP contribution is -2.51. The van der Waals surface area contributed by atoms with Crippen molar-refractivity contribution in [2.75, 3.05) is 25.0 Å². The molecule has 2 aromatic rings. The molecule has 2 fully saturated rings. The smallest absolute Gasteiger partial charge is 0.227 e. The highest BCUT2D eigenvalue weighted by Gasteiger charge is 2.43. The van der Waals surface area contributed by atoms with E-state index in [0.717, 1.165) is 50.0 Å². The number of carbonyl (C=O) groups excluding carboxylic acids is 1.